The molecule has 14 heavy (non-hydrogen) atoms. The van der Waals surface area contributed by atoms with Crippen LogP contribution < -0.4 is 5.48 Å². The molecule has 0 saturated heterocycles. The minimum absolute atomic E-state index is 0.217. The Labute approximate surface area is 87.3 Å². The summed E-state index contributed by atoms with van der Waals surface area (Å²) in [5, 5.41) is 0. The molecule has 1 rings (SSSR count). The minimum Gasteiger partial charge on any atom is -0.273 e. The molecule has 4 nitrogen and oxygen atoms in total. The molecule has 0 aliphatic carbocycles. The van der Waals surface area contributed by atoms with Crippen molar-refractivity contribution in [3.63, 3.8) is 0 Å². The Bertz CT molecular complexity index is 310. The molecule has 78 valence electrons. The molecule has 1 heterocycles. The predicted molar refractivity (Wildman–Crippen MR) is 55.1 cm³/mol. The van der Waals surface area contributed by atoms with Crippen molar-refractivity contribution in [2.75, 3.05) is 6.61 Å². The van der Waals surface area contributed by atoms with Gasteiger partial charge in [-0.15, -0.1) is 11.3 Å². The molecule has 0 unspecified atom stereocenters. The number of nitrogens with one attached hydrogen (secondary N) is 1. The van der Waals surface area contributed by atoms with Crippen LogP contribution >= 0.6 is 11.3 Å². The summed E-state index contributed by atoms with van der Waals surface area (Å²) in [4.78, 5) is 21.0. The first kappa shape index (κ1) is 11.1. The molecule has 0 bridgehead atoms. The lowest BCUT2D eigenvalue weighted by Crippen LogP contribution is -2.25. The Morgan fingerprint density at radius 2 is 2.43 bits per heavy atom. The molecule has 0 spiro atoms. The number of hydrogen-bond acceptors (Lipinski definition) is 4. The fourth-order valence-corrected chi connectivity index (χ4v) is 1.53. The Hall–Kier alpha value is -0.940. The zero-order chi connectivity index (χ0) is 10.6. The van der Waals surface area contributed by atoms with Gasteiger partial charge in [0.15, 0.2) is 0 Å². The molecule has 1 amide bonds. The third-order valence-electron chi connectivity index (χ3n) is 1.53. The highest BCUT2D eigenvalue weighted by Gasteiger charge is 2.11. The Balaban J connectivity index is 2.40. The number of carbonyl (C=O) groups excluding carboxylic acids is 1. The summed E-state index contributed by atoms with van der Waals surface area (Å²) >= 11 is 1.31. The topological polar surface area (TPSA) is 51.2 Å². The van der Waals surface area contributed by atoms with Crippen LogP contribution in [0.2, 0.25) is 0 Å². The average Bonchev–Trinajstić information content (AvgIpc) is 2.50. The summed E-state index contributed by atoms with van der Waals surface area (Å²) in [7, 11) is 0. The minimum atomic E-state index is -0.217. The molecule has 0 radical (unpaired) electrons. The molecule has 1 aromatic heterocycles. The van der Waals surface area contributed by atoms with Crippen molar-refractivity contribution in [3.05, 3.63) is 16.1 Å². The van der Waals surface area contributed by atoms with E-state index < -0.39 is 0 Å². The maximum atomic E-state index is 11.4. The van der Waals surface area contributed by atoms with Crippen LogP contribution in [-0.4, -0.2) is 17.5 Å². The Morgan fingerprint density at radius 3 is 2.93 bits per heavy atom. The van der Waals surface area contributed by atoms with Crippen LogP contribution in [-0.2, 0) is 4.84 Å². The van der Waals surface area contributed by atoms with Crippen molar-refractivity contribution in [1.29, 1.82) is 0 Å². The largest absolute Gasteiger partial charge is 0.286 e. The fraction of sp³-hybridized carbons (Fsp3) is 0.556. The lowest BCUT2D eigenvalue weighted by atomic mass is 10.2. The van der Waals surface area contributed by atoms with Gasteiger partial charge in [-0.1, -0.05) is 13.8 Å². The highest BCUT2D eigenvalue weighted by molar-refractivity contribution is 7.11. The van der Waals surface area contributed by atoms with Crippen LogP contribution in [0.5, 0.6) is 0 Å². The quantitative estimate of drug-likeness (QED) is 0.777. The van der Waals surface area contributed by atoms with Crippen molar-refractivity contribution < 1.29 is 9.63 Å². The summed E-state index contributed by atoms with van der Waals surface area (Å²) in [6.07, 6.45) is 0. The van der Waals surface area contributed by atoms with Crippen LogP contribution in [0.4, 0.5) is 0 Å². The number of thiazole rings is 1. The first-order valence-corrected chi connectivity index (χ1v) is 5.31. The van der Waals surface area contributed by atoms with E-state index in [1.54, 1.807) is 12.4 Å². The van der Waals surface area contributed by atoms with E-state index in [2.05, 4.69) is 10.5 Å². The van der Waals surface area contributed by atoms with Crippen LogP contribution in [0.15, 0.2) is 5.51 Å². The van der Waals surface area contributed by atoms with Gasteiger partial charge in [-0.25, -0.2) is 10.5 Å². The summed E-state index contributed by atoms with van der Waals surface area (Å²) in [6, 6.07) is 0. The first-order valence-electron chi connectivity index (χ1n) is 4.43. The summed E-state index contributed by atoms with van der Waals surface area (Å²) in [5.74, 6) is 0.184. The van der Waals surface area contributed by atoms with E-state index in [-0.39, 0.29) is 5.91 Å². The number of aromatic nitrogens is 1. The number of hydrogen-bond donors (Lipinski definition) is 1. The number of hydroxylamine groups is 1. The molecular formula is C9H14N2O2S. The number of carbonyl (C=O) groups is 1. The SMILES string of the molecule is Cc1ncsc1C(=O)NOCC(C)C. The second-order valence-electron chi connectivity index (χ2n) is 3.40. The number of aryl methyl sites for hydroxylation is 1. The molecule has 5 heteroatoms. The second-order valence-corrected chi connectivity index (χ2v) is 4.26. The maximum absolute atomic E-state index is 11.4. The molecule has 0 atom stereocenters. The summed E-state index contributed by atoms with van der Waals surface area (Å²) in [6.45, 7) is 6.35. The predicted octanol–water partition coefficient (Wildman–Crippen LogP) is 1.77. The molecule has 0 aromatic carbocycles. The molecule has 0 aliphatic heterocycles. The molecule has 0 fully saturated rings. The molecule has 1 N–H and O–H groups in total. The normalized spacial score (nSPS) is 10.6. The third-order valence-corrected chi connectivity index (χ3v) is 2.46. The van der Waals surface area contributed by atoms with Gasteiger partial charge in [-0.05, 0) is 12.8 Å². The van der Waals surface area contributed by atoms with Crippen molar-refractivity contribution in [2.24, 2.45) is 5.92 Å². The number of amides is 1. The van der Waals surface area contributed by atoms with E-state index in [0.717, 1.165) is 5.69 Å². The van der Waals surface area contributed by atoms with E-state index in [4.69, 9.17) is 4.84 Å². The second kappa shape index (κ2) is 5.07. The van der Waals surface area contributed by atoms with Crippen LogP contribution in [0.25, 0.3) is 0 Å². The Morgan fingerprint density at radius 1 is 1.71 bits per heavy atom. The van der Waals surface area contributed by atoms with E-state index in [1.807, 2.05) is 13.8 Å². The summed E-state index contributed by atoms with van der Waals surface area (Å²) < 4.78 is 0. The van der Waals surface area contributed by atoms with Gasteiger partial charge in [0.2, 0.25) is 0 Å². The zero-order valence-corrected chi connectivity index (χ0v) is 9.35. The van der Waals surface area contributed by atoms with Crippen LogP contribution in [0.1, 0.15) is 29.2 Å². The number of rotatable bonds is 4. The lowest BCUT2D eigenvalue weighted by Gasteiger charge is -2.06. The van der Waals surface area contributed by atoms with E-state index in [1.165, 1.54) is 11.3 Å². The van der Waals surface area contributed by atoms with Crippen LogP contribution in [0, 0.1) is 12.8 Å². The molecule has 0 aliphatic rings. The standard InChI is InChI=1S/C9H14N2O2S/c1-6(2)4-13-11-9(12)8-7(3)10-5-14-8/h5-6H,4H2,1-3H3,(H,11,12). The van der Waals surface area contributed by atoms with E-state index in [0.29, 0.717) is 17.4 Å². The van der Waals surface area contributed by atoms with Gasteiger partial charge in [0.1, 0.15) is 4.88 Å². The van der Waals surface area contributed by atoms with Crippen molar-refractivity contribution >= 4 is 17.2 Å². The van der Waals surface area contributed by atoms with Gasteiger partial charge in [-0.3, -0.25) is 9.63 Å². The van der Waals surface area contributed by atoms with Crippen molar-refractivity contribution in [3.8, 4) is 0 Å². The van der Waals surface area contributed by atoms with Gasteiger partial charge in [-0.2, -0.15) is 0 Å². The average molecular weight is 214 g/mol. The van der Waals surface area contributed by atoms with Crippen molar-refractivity contribution in [1.82, 2.24) is 10.5 Å². The van der Waals surface area contributed by atoms with Gasteiger partial charge in [0.05, 0.1) is 17.8 Å². The Kier molecular flexibility index (Phi) is 4.03. The summed E-state index contributed by atoms with van der Waals surface area (Å²) in [5.41, 5.74) is 4.77. The zero-order valence-electron chi connectivity index (χ0n) is 8.53. The van der Waals surface area contributed by atoms with Crippen LogP contribution in [0.3, 0.4) is 0 Å². The molecular weight excluding hydrogens is 200 g/mol. The third kappa shape index (κ3) is 3.08. The van der Waals surface area contributed by atoms with Gasteiger partial charge < -0.3 is 0 Å². The fourth-order valence-electron chi connectivity index (χ4n) is 0.840. The van der Waals surface area contributed by atoms with E-state index in [9.17, 15) is 4.79 Å². The maximum Gasteiger partial charge on any atom is 0.286 e. The monoisotopic (exact) mass is 214 g/mol. The van der Waals surface area contributed by atoms with Gasteiger partial charge in [0, 0.05) is 0 Å². The van der Waals surface area contributed by atoms with Gasteiger partial charge >= 0.3 is 0 Å². The molecule has 1 aromatic rings. The molecule has 0 saturated carbocycles. The number of nitrogens with zero attached hydrogens (tertiary/aromatic N) is 1. The highest BCUT2D eigenvalue weighted by atomic mass is 32.1. The lowest BCUT2D eigenvalue weighted by molar-refractivity contribution is 0.0211. The van der Waals surface area contributed by atoms with Gasteiger partial charge in [0.25, 0.3) is 5.91 Å². The van der Waals surface area contributed by atoms with E-state index >= 15 is 0 Å². The highest BCUT2D eigenvalue weighted by Crippen LogP contribution is 2.11. The van der Waals surface area contributed by atoms with Crippen molar-refractivity contribution in [2.45, 2.75) is 20.8 Å². The smallest absolute Gasteiger partial charge is 0.273 e. The first-order chi connectivity index (χ1) is 6.61.